The maximum absolute atomic E-state index is 12.8. The van der Waals surface area contributed by atoms with Crippen molar-refractivity contribution in [1.82, 2.24) is 0 Å². The molecule has 1 aromatic carbocycles. The first-order valence-corrected chi connectivity index (χ1v) is 6.57. The van der Waals surface area contributed by atoms with E-state index in [1.807, 2.05) is 0 Å². The minimum atomic E-state index is -4.58. The summed E-state index contributed by atoms with van der Waals surface area (Å²) >= 11 is 5.56. The van der Waals surface area contributed by atoms with Crippen molar-refractivity contribution in [3.8, 4) is 0 Å². The fourth-order valence-electron chi connectivity index (χ4n) is 1.97. The molecule has 1 unspecified atom stereocenters. The molecule has 0 heterocycles. The lowest BCUT2D eigenvalue weighted by Gasteiger charge is -2.15. The Morgan fingerprint density at radius 3 is 2.65 bits per heavy atom. The summed E-state index contributed by atoms with van der Waals surface area (Å²) in [6.45, 7) is 0. The van der Waals surface area contributed by atoms with E-state index in [9.17, 15) is 18.0 Å². The van der Waals surface area contributed by atoms with Crippen molar-refractivity contribution in [2.24, 2.45) is 11.7 Å². The van der Waals surface area contributed by atoms with E-state index < -0.39 is 17.6 Å². The molecule has 0 saturated heterocycles. The lowest BCUT2D eigenvalue weighted by molar-refractivity contribution is -0.137. The van der Waals surface area contributed by atoms with Crippen molar-refractivity contribution in [3.63, 3.8) is 0 Å². The summed E-state index contributed by atoms with van der Waals surface area (Å²) in [5, 5.41) is 2.22. The predicted molar refractivity (Wildman–Crippen MR) is 70.4 cm³/mol. The van der Waals surface area contributed by atoms with Gasteiger partial charge in [-0.25, -0.2) is 0 Å². The highest BCUT2D eigenvalue weighted by Gasteiger charge is 2.35. The number of hydrogen-bond donors (Lipinski definition) is 2. The molecule has 1 aliphatic rings. The van der Waals surface area contributed by atoms with Gasteiger partial charge in [0.1, 0.15) is 0 Å². The summed E-state index contributed by atoms with van der Waals surface area (Å²) in [5.41, 5.74) is 4.52. The lowest BCUT2D eigenvalue weighted by atomic mass is 10.1. The number of halogens is 4. The van der Waals surface area contributed by atoms with E-state index in [2.05, 4.69) is 5.32 Å². The van der Waals surface area contributed by atoms with E-state index >= 15 is 0 Å². The van der Waals surface area contributed by atoms with Gasteiger partial charge in [0.25, 0.3) is 0 Å². The van der Waals surface area contributed by atoms with E-state index in [1.165, 1.54) is 6.07 Å². The number of nitrogens with two attached hydrogens (primary N) is 1. The molecule has 1 fully saturated rings. The standard InChI is InChI=1S/C13H14ClF3N2O/c14-8-3-4-11(9(5-8)13(15,16)17)19-12(20)6-10(18)7-1-2-7/h3-5,7,10H,1-2,6,18H2,(H,19,20). The van der Waals surface area contributed by atoms with Crippen molar-refractivity contribution >= 4 is 23.2 Å². The predicted octanol–water partition coefficient (Wildman–Crippen LogP) is 3.42. The molecule has 0 aliphatic heterocycles. The topological polar surface area (TPSA) is 55.1 Å². The number of nitrogens with one attached hydrogen (secondary N) is 1. The maximum Gasteiger partial charge on any atom is 0.418 e. The van der Waals surface area contributed by atoms with Crippen molar-refractivity contribution in [3.05, 3.63) is 28.8 Å². The quantitative estimate of drug-likeness (QED) is 0.895. The van der Waals surface area contributed by atoms with Crippen molar-refractivity contribution < 1.29 is 18.0 Å². The van der Waals surface area contributed by atoms with Crippen LogP contribution >= 0.6 is 11.6 Å². The second kappa shape index (κ2) is 5.61. The van der Waals surface area contributed by atoms with Crippen LogP contribution in [-0.4, -0.2) is 11.9 Å². The Morgan fingerprint density at radius 1 is 1.45 bits per heavy atom. The third-order valence-corrected chi connectivity index (χ3v) is 3.44. The zero-order valence-corrected chi connectivity index (χ0v) is 11.3. The van der Waals surface area contributed by atoms with E-state index in [4.69, 9.17) is 17.3 Å². The second-order valence-electron chi connectivity index (χ2n) is 4.94. The Hall–Kier alpha value is -1.27. The average molecular weight is 307 g/mol. The van der Waals surface area contributed by atoms with E-state index in [-0.39, 0.29) is 23.2 Å². The molecule has 1 saturated carbocycles. The molecule has 0 aromatic heterocycles. The van der Waals surface area contributed by atoms with Crippen LogP contribution < -0.4 is 11.1 Å². The van der Waals surface area contributed by atoms with Gasteiger partial charge in [-0.3, -0.25) is 4.79 Å². The fourth-order valence-corrected chi connectivity index (χ4v) is 2.14. The van der Waals surface area contributed by atoms with Gasteiger partial charge in [-0.1, -0.05) is 11.6 Å². The molecule has 1 aliphatic carbocycles. The van der Waals surface area contributed by atoms with Crippen LogP contribution in [0.3, 0.4) is 0 Å². The first-order valence-electron chi connectivity index (χ1n) is 6.19. The summed E-state index contributed by atoms with van der Waals surface area (Å²) in [6.07, 6.45) is -2.61. The van der Waals surface area contributed by atoms with E-state index in [1.54, 1.807) is 0 Å². The second-order valence-corrected chi connectivity index (χ2v) is 5.38. The van der Waals surface area contributed by atoms with Crippen molar-refractivity contribution in [1.29, 1.82) is 0 Å². The molecule has 0 spiro atoms. The minimum Gasteiger partial charge on any atom is -0.327 e. The Labute approximate surface area is 119 Å². The molecule has 0 radical (unpaired) electrons. The highest BCUT2D eigenvalue weighted by Crippen LogP contribution is 2.37. The molecule has 110 valence electrons. The Morgan fingerprint density at radius 2 is 2.10 bits per heavy atom. The highest BCUT2D eigenvalue weighted by atomic mass is 35.5. The lowest BCUT2D eigenvalue weighted by Crippen LogP contribution is -2.29. The summed E-state index contributed by atoms with van der Waals surface area (Å²) in [6, 6.07) is 2.94. The van der Waals surface area contributed by atoms with Gasteiger partial charge >= 0.3 is 6.18 Å². The van der Waals surface area contributed by atoms with Crippen LogP contribution in [0.1, 0.15) is 24.8 Å². The highest BCUT2D eigenvalue weighted by molar-refractivity contribution is 6.30. The Bertz CT molecular complexity index is 515. The number of alkyl halides is 3. The largest absolute Gasteiger partial charge is 0.418 e. The molecular formula is C13H14ClF3N2O. The van der Waals surface area contributed by atoms with Gasteiger partial charge in [0.2, 0.25) is 5.91 Å². The number of benzene rings is 1. The Kier molecular flexibility index (Phi) is 4.25. The third-order valence-electron chi connectivity index (χ3n) is 3.21. The SMILES string of the molecule is NC(CC(=O)Nc1ccc(Cl)cc1C(F)(F)F)C1CC1. The molecule has 7 heteroatoms. The average Bonchev–Trinajstić information content (AvgIpc) is 3.13. The molecule has 1 aromatic rings. The summed E-state index contributed by atoms with van der Waals surface area (Å²) in [5.74, 6) is -0.203. The zero-order valence-electron chi connectivity index (χ0n) is 10.5. The Balaban J connectivity index is 2.10. The van der Waals surface area contributed by atoms with Gasteiger partial charge in [0, 0.05) is 17.5 Å². The number of carbonyl (C=O) groups excluding carboxylic acids is 1. The van der Waals surface area contributed by atoms with Crippen LogP contribution in [0.15, 0.2) is 18.2 Å². The molecule has 1 amide bonds. The van der Waals surface area contributed by atoms with Gasteiger partial charge in [0.15, 0.2) is 0 Å². The third kappa shape index (κ3) is 3.86. The van der Waals surface area contributed by atoms with Gasteiger partial charge in [-0.15, -0.1) is 0 Å². The van der Waals surface area contributed by atoms with E-state index in [0.29, 0.717) is 5.92 Å². The first-order chi connectivity index (χ1) is 9.27. The number of amides is 1. The number of rotatable bonds is 4. The number of hydrogen-bond acceptors (Lipinski definition) is 2. The zero-order chi connectivity index (χ0) is 14.9. The summed E-state index contributed by atoms with van der Waals surface area (Å²) in [7, 11) is 0. The van der Waals surface area contributed by atoms with Crippen LogP contribution in [0.2, 0.25) is 5.02 Å². The van der Waals surface area contributed by atoms with Crippen molar-refractivity contribution in [2.45, 2.75) is 31.5 Å². The molecule has 1 atom stereocenters. The van der Waals surface area contributed by atoms with Crippen LogP contribution in [0.5, 0.6) is 0 Å². The maximum atomic E-state index is 12.8. The van der Waals surface area contributed by atoms with Crippen molar-refractivity contribution in [2.75, 3.05) is 5.32 Å². The normalized spacial score (nSPS) is 16.9. The summed E-state index contributed by atoms with van der Waals surface area (Å²) in [4.78, 5) is 11.7. The molecule has 20 heavy (non-hydrogen) atoms. The van der Waals surface area contributed by atoms with Gasteiger partial charge in [-0.2, -0.15) is 13.2 Å². The smallest absolute Gasteiger partial charge is 0.327 e. The van der Waals surface area contributed by atoms with Crippen LogP contribution in [0.4, 0.5) is 18.9 Å². The molecule has 3 nitrogen and oxygen atoms in total. The fraction of sp³-hybridized carbons (Fsp3) is 0.462. The molecular weight excluding hydrogens is 293 g/mol. The van der Waals surface area contributed by atoms with Gasteiger partial charge < -0.3 is 11.1 Å². The van der Waals surface area contributed by atoms with Gasteiger partial charge in [0.05, 0.1) is 11.3 Å². The van der Waals surface area contributed by atoms with E-state index in [0.717, 1.165) is 25.0 Å². The minimum absolute atomic E-state index is 0.0184. The number of anilines is 1. The molecule has 3 N–H and O–H groups in total. The van der Waals surface area contributed by atoms with Crippen LogP contribution in [-0.2, 0) is 11.0 Å². The van der Waals surface area contributed by atoms with Crippen LogP contribution in [0, 0.1) is 5.92 Å². The first kappa shape index (κ1) is 15.1. The monoisotopic (exact) mass is 306 g/mol. The summed E-state index contributed by atoms with van der Waals surface area (Å²) < 4.78 is 38.5. The number of carbonyl (C=O) groups is 1. The molecule has 2 rings (SSSR count). The van der Waals surface area contributed by atoms with Gasteiger partial charge in [-0.05, 0) is 37.0 Å². The molecule has 0 bridgehead atoms. The van der Waals surface area contributed by atoms with Crippen LogP contribution in [0.25, 0.3) is 0 Å².